The van der Waals surface area contributed by atoms with E-state index in [2.05, 4.69) is 5.32 Å². The molecule has 0 saturated carbocycles. The second-order valence-corrected chi connectivity index (χ2v) is 12.2. The Labute approximate surface area is 247 Å². The molecule has 41 heavy (non-hydrogen) atoms. The molecule has 1 atom stereocenters. The van der Waals surface area contributed by atoms with E-state index in [1.54, 1.807) is 36.4 Å². The van der Waals surface area contributed by atoms with Crippen LogP contribution in [-0.4, -0.2) is 56.3 Å². The van der Waals surface area contributed by atoms with E-state index < -0.39 is 28.5 Å². The summed E-state index contributed by atoms with van der Waals surface area (Å²) < 4.78 is 26.8. The van der Waals surface area contributed by atoms with Crippen LogP contribution in [0.1, 0.15) is 48.2 Å². The van der Waals surface area contributed by atoms with Gasteiger partial charge in [0.2, 0.25) is 21.8 Å². The van der Waals surface area contributed by atoms with Gasteiger partial charge >= 0.3 is 0 Å². The van der Waals surface area contributed by atoms with Gasteiger partial charge in [0.1, 0.15) is 12.6 Å². The average Bonchev–Trinajstić information content (AvgIpc) is 2.94. The normalized spacial score (nSPS) is 11.9. The summed E-state index contributed by atoms with van der Waals surface area (Å²) in [6.07, 6.45) is 2.91. The summed E-state index contributed by atoms with van der Waals surface area (Å²) in [7, 11) is -3.93. The maximum absolute atomic E-state index is 14.1. The maximum atomic E-state index is 14.1. The third-order valence-corrected chi connectivity index (χ3v) is 7.98. The van der Waals surface area contributed by atoms with Crippen molar-refractivity contribution in [1.29, 1.82) is 0 Å². The molecule has 0 aliphatic heterocycles. The number of anilines is 1. The number of nitrogens with one attached hydrogen (secondary N) is 1. The largest absolute Gasteiger partial charge is 0.354 e. The van der Waals surface area contributed by atoms with Crippen LogP contribution in [0.25, 0.3) is 0 Å². The number of carbonyl (C=O) groups excluding carboxylic acids is 3. The lowest BCUT2D eigenvalue weighted by Crippen LogP contribution is -2.53. The molecule has 0 radical (unpaired) electrons. The SMILES string of the molecule is CCCCNC(=O)[C@H](Cc1ccccc1)N(Cc1ccc(Cl)cc1)C(=O)CN(c1cccc(C(C)=O)c1)S(C)(=O)=O. The van der Waals surface area contributed by atoms with Crippen molar-refractivity contribution >= 4 is 44.9 Å². The number of halogens is 1. The first kappa shape index (κ1) is 31.8. The molecule has 3 rings (SSSR count). The summed E-state index contributed by atoms with van der Waals surface area (Å²) in [6, 6.07) is 21.5. The van der Waals surface area contributed by atoms with Crippen LogP contribution in [-0.2, 0) is 32.6 Å². The van der Waals surface area contributed by atoms with E-state index in [9.17, 15) is 22.8 Å². The van der Waals surface area contributed by atoms with Gasteiger partial charge in [0.25, 0.3) is 0 Å². The fourth-order valence-corrected chi connectivity index (χ4v) is 5.31. The van der Waals surface area contributed by atoms with Crippen molar-refractivity contribution in [1.82, 2.24) is 10.2 Å². The maximum Gasteiger partial charge on any atom is 0.244 e. The van der Waals surface area contributed by atoms with Crippen LogP contribution in [0.3, 0.4) is 0 Å². The molecule has 0 aliphatic rings. The first-order valence-corrected chi connectivity index (χ1v) is 15.7. The van der Waals surface area contributed by atoms with Gasteiger partial charge in [-0.2, -0.15) is 0 Å². The summed E-state index contributed by atoms with van der Waals surface area (Å²) in [5.74, 6) is -1.12. The third kappa shape index (κ3) is 9.43. The number of unbranched alkanes of at least 4 members (excludes halogenated alkanes) is 1. The number of amides is 2. The summed E-state index contributed by atoms with van der Waals surface area (Å²) in [6.45, 7) is 3.36. The Hall–Kier alpha value is -3.69. The number of nitrogens with zero attached hydrogens (tertiary/aromatic N) is 2. The van der Waals surface area contributed by atoms with Crippen LogP contribution in [0.5, 0.6) is 0 Å². The quantitative estimate of drug-likeness (QED) is 0.211. The number of ketones is 1. The Morgan fingerprint density at radius 3 is 2.22 bits per heavy atom. The topological polar surface area (TPSA) is 104 Å². The van der Waals surface area contributed by atoms with Crippen molar-refractivity contribution in [3.05, 3.63) is 101 Å². The van der Waals surface area contributed by atoms with Gasteiger partial charge in [0.15, 0.2) is 5.78 Å². The molecule has 0 saturated heterocycles. The molecule has 0 spiro atoms. The zero-order valence-electron chi connectivity index (χ0n) is 23.5. The number of benzene rings is 3. The molecule has 0 aromatic heterocycles. The van der Waals surface area contributed by atoms with Gasteiger partial charge in [-0.3, -0.25) is 18.7 Å². The van der Waals surface area contributed by atoms with Crippen molar-refractivity contribution in [3.8, 4) is 0 Å². The molecule has 3 aromatic carbocycles. The number of sulfonamides is 1. The minimum atomic E-state index is -3.93. The molecule has 1 N–H and O–H groups in total. The number of hydrogen-bond donors (Lipinski definition) is 1. The van der Waals surface area contributed by atoms with Crippen LogP contribution >= 0.6 is 11.6 Å². The lowest BCUT2D eigenvalue weighted by molar-refractivity contribution is -0.140. The minimum Gasteiger partial charge on any atom is -0.354 e. The zero-order chi connectivity index (χ0) is 30.0. The molecule has 0 unspecified atom stereocenters. The highest BCUT2D eigenvalue weighted by Gasteiger charge is 2.33. The highest BCUT2D eigenvalue weighted by molar-refractivity contribution is 7.92. The molecule has 8 nitrogen and oxygen atoms in total. The van der Waals surface area contributed by atoms with Crippen molar-refractivity contribution in [2.75, 3.05) is 23.7 Å². The summed E-state index contributed by atoms with van der Waals surface area (Å²) in [5.41, 5.74) is 2.09. The van der Waals surface area contributed by atoms with Crippen molar-refractivity contribution in [2.24, 2.45) is 0 Å². The minimum absolute atomic E-state index is 0.0553. The van der Waals surface area contributed by atoms with Crippen LogP contribution in [0, 0.1) is 0 Å². The van der Waals surface area contributed by atoms with Crippen LogP contribution < -0.4 is 9.62 Å². The summed E-state index contributed by atoms with van der Waals surface area (Å²) in [4.78, 5) is 41.1. The smallest absolute Gasteiger partial charge is 0.244 e. The predicted octanol–water partition coefficient (Wildman–Crippen LogP) is 4.87. The fourth-order valence-electron chi connectivity index (χ4n) is 4.34. The van der Waals surface area contributed by atoms with E-state index >= 15 is 0 Å². The van der Waals surface area contributed by atoms with Crippen molar-refractivity contribution in [2.45, 2.75) is 45.7 Å². The van der Waals surface area contributed by atoms with E-state index in [-0.39, 0.29) is 30.3 Å². The van der Waals surface area contributed by atoms with Gasteiger partial charge in [-0.25, -0.2) is 8.42 Å². The number of carbonyl (C=O) groups is 3. The second kappa shape index (κ2) is 14.8. The zero-order valence-corrected chi connectivity index (χ0v) is 25.1. The van der Waals surface area contributed by atoms with E-state index in [0.29, 0.717) is 17.1 Å². The van der Waals surface area contributed by atoms with Gasteiger partial charge < -0.3 is 10.2 Å². The first-order chi connectivity index (χ1) is 19.5. The van der Waals surface area contributed by atoms with E-state index in [0.717, 1.165) is 34.5 Å². The predicted molar refractivity (Wildman–Crippen MR) is 162 cm³/mol. The molecule has 10 heteroatoms. The van der Waals surface area contributed by atoms with Crippen molar-refractivity contribution in [3.63, 3.8) is 0 Å². The average molecular weight is 598 g/mol. The van der Waals surface area contributed by atoms with Gasteiger partial charge in [0.05, 0.1) is 11.9 Å². The second-order valence-electron chi connectivity index (χ2n) is 9.87. The third-order valence-electron chi connectivity index (χ3n) is 6.59. The highest BCUT2D eigenvalue weighted by atomic mass is 35.5. The molecule has 0 heterocycles. The Morgan fingerprint density at radius 2 is 1.61 bits per heavy atom. The van der Waals surface area contributed by atoms with Crippen LogP contribution in [0.2, 0.25) is 5.02 Å². The molecule has 0 fully saturated rings. The Morgan fingerprint density at radius 1 is 0.927 bits per heavy atom. The highest BCUT2D eigenvalue weighted by Crippen LogP contribution is 2.22. The molecule has 218 valence electrons. The standard InChI is InChI=1S/C31H36ClN3O5S/c1-4-5-18-33-31(38)29(19-24-10-7-6-8-11-24)34(21-25-14-16-27(32)17-15-25)30(37)22-35(41(3,39)40)28-13-9-12-26(20-28)23(2)36/h6-17,20,29H,4-5,18-19,21-22H2,1-3H3,(H,33,38)/t29-/m0/s1. The monoisotopic (exact) mass is 597 g/mol. The molecular weight excluding hydrogens is 562 g/mol. The lowest BCUT2D eigenvalue weighted by atomic mass is 10.0. The molecule has 2 amide bonds. The van der Waals surface area contributed by atoms with Crippen LogP contribution in [0.15, 0.2) is 78.9 Å². The van der Waals surface area contributed by atoms with E-state index in [1.807, 2.05) is 37.3 Å². The Kier molecular flexibility index (Phi) is 11.5. The van der Waals surface area contributed by atoms with Gasteiger partial charge in [0, 0.05) is 30.1 Å². The fraction of sp³-hybridized carbons (Fsp3) is 0.323. The molecular formula is C31H36ClN3O5S. The van der Waals surface area contributed by atoms with E-state index in [1.165, 1.54) is 24.0 Å². The van der Waals surface area contributed by atoms with E-state index in [4.69, 9.17) is 11.6 Å². The molecule has 0 bridgehead atoms. The summed E-state index contributed by atoms with van der Waals surface area (Å²) in [5, 5.41) is 3.47. The first-order valence-electron chi connectivity index (χ1n) is 13.4. The number of hydrogen-bond acceptors (Lipinski definition) is 5. The van der Waals surface area contributed by atoms with Crippen LogP contribution in [0.4, 0.5) is 5.69 Å². The number of rotatable bonds is 14. The van der Waals surface area contributed by atoms with Gasteiger partial charge in [-0.1, -0.05) is 79.5 Å². The molecule has 0 aliphatic carbocycles. The number of Topliss-reactive ketones (excluding diaryl/α,β-unsaturated/α-hetero) is 1. The lowest BCUT2D eigenvalue weighted by Gasteiger charge is -2.33. The van der Waals surface area contributed by atoms with Gasteiger partial charge in [-0.15, -0.1) is 0 Å². The van der Waals surface area contributed by atoms with Gasteiger partial charge in [-0.05, 0) is 48.7 Å². The molecule has 3 aromatic rings. The Balaban J connectivity index is 2.04. The Bertz CT molecular complexity index is 1450. The van der Waals surface area contributed by atoms with Crippen molar-refractivity contribution < 1.29 is 22.8 Å². The summed E-state index contributed by atoms with van der Waals surface area (Å²) >= 11 is 6.08.